The van der Waals surface area contributed by atoms with E-state index >= 15 is 0 Å². The molecular weight excluding hydrogens is 226 g/mol. The summed E-state index contributed by atoms with van der Waals surface area (Å²) >= 11 is 6.81. The Hall–Kier alpha value is -0.620. The zero-order chi connectivity index (χ0) is 10.6. The number of halogens is 1. The summed E-state index contributed by atoms with van der Waals surface area (Å²) in [6.45, 7) is -0.337. The van der Waals surface area contributed by atoms with Gasteiger partial charge in [0.05, 0.1) is 21.9 Å². The molecule has 1 amide bonds. The monoisotopic (exact) mass is 235 g/mol. The SMILES string of the molecule is O=C(NC[C@H](O)CO)c1ccc(Cl)s1. The Balaban J connectivity index is 2.43. The van der Waals surface area contributed by atoms with Gasteiger partial charge in [-0.1, -0.05) is 11.6 Å². The highest BCUT2D eigenvalue weighted by Crippen LogP contribution is 2.20. The predicted octanol–water partition coefficient (Wildman–Crippen LogP) is 0.484. The Kier molecular flexibility index (Phi) is 4.34. The van der Waals surface area contributed by atoms with Crippen LogP contribution >= 0.6 is 22.9 Å². The maximum absolute atomic E-state index is 11.3. The molecule has 0 spiro atoms. The van der Waals surface area contributed by atoms with Gasteiger partial charge < -0.3 is 15.5 Å². The van der Waals surface area contributed by atoms with E-state index in [1.54, 1.807) is 12.1 Å². The third kappa shape index (κ3) is 3.26. The molecule has 14 heavy (non-hydrogen) atoms. The standard InChI is InChI=1S/C8H10ClNO3S/c9-7-2-1-6(14-7)8(13)10-3-5(12)4-11/h1-2,5,11-12H,3-4H2,(H,10,13)/t5-/m0/s1. The highest BCUT2D eigenvalue weighted by molar-refractivity contribution is 7.17. The third-order valence-corrected chi connectivity index (χ3v) is 2.74. The molecule has 1 aromatic heterocycles. The molecule has 0 saturated carbocycles. The van der Waals surface area contributed by atoms with E-state index in [9.17, 15) is 4.79 Å². The van der Waals surface area contributed by atoms with Gasteiger partial charge >= 0.3 is 0 Å². The number of nitrogens with one attached hydrogen (secondary N) is 1. The molecule has 4 nitrogen and oxygen atoms in total. The second-order valence-corrected chi connectivity index (χ2v) is 4.37. The van der Waals surface area contributed by atoms with Crippen molar-refractivity contribution in [2.45, 2.75) is 6.10 Å². The van der Waals surface area contributed by atoms with Crippen molar-refractivity contribution in [3.8, 4) is 0 Å². The van der Waals surface area contributed by atoms with Gasteiger partial charge in [0, 0.05) is 6.54 Å². The largest absolute Gasteiger partial charge is 0.394 e. The van der Waals surface area contributed by atoms with E-state index in [2.05, 4.69) is 5.32 Å². The van der Waals surface area contributed by atoms with E-state index in [1.807, 2.05) is 0 Å². The van der Waals surface area contributed by atoms with E-state index in [1.165, 1.54) is 0 Å². The summed E-state index contributed by atoms with van der Waals surface area (Å²) in [5.74, 6) is -0.297. The summed E-state index contributed by atoms with van der Waals surface area (Å²) < 4.78 is 0.540. The van der Waals surface area contributed by atoms with Crippen LogP contribution in [0.5, 0.6) is 0 Å². The van der Waals surface area contributed by atoms with Gasteiger partial charge in [-0.2, -0.15) is 0 Å². The van der Waals surface area contributed by atoms with E-state index in [0.717, 1.165) is 11.3 Å². The number of thiophene rings is 1. The zero-order valence-corrected chi connectivity index (χ0v) is 8.81. The quantitative estimate of drug-likeness (QED) is 0.711. The lowest BCUT2D eigenvalue weighted by atomic mass is 10.3. The molecule has 1 rings (SSSR count). The van der Waals surface area contributed by atoms with Crippen LogP contribution in [0.4, 0.5) is 0 Å². The van der Waals surface area contributed by atoms with E-state index in [-0.39, 0.29) is 19.1 Å². The Morgan fingerprint density at radius 3 is 2.86 bits per heavy atom. The highest BCUT2D eigenvalue weighted by Gasteiger charge is 2.09. The maximum atomic E-state index is 11.3. The number of aliphatic hydroxyl groups is 2. The first-order valence-electron chi connectivity index (χ1n) is 3.96. The van der Waals surface area contributed by atoms with Gasteiger partial charge in [-0.3, -0.25) is 4.79 Å². The van der Waals surface area contributed by atoms with E-state index in [4.69, 9.17) is 21.8 Å². The number of carbonyl (C=O) groups is 1. The van der Waals surface area contributed by atoms with Crippen molar-refractivity contribution in [2.24, 2.45) is 0 Å². The molecule has 78 valence electrons. The summed E-state index contributed by atoms with van der Waals surface area (Å²) in [5, 5.41) is 19.9. The third-order valence-electron chi connectivity index (χ3n) is 1.51. The molecule has 0 bridgehead atoms. The molecule has 0 aliphatic carbocycles. The lowest BCUT2D eigenvalue weighted by Crippen LogP contribution is -2.33. The fourth-order valence-corrected chi connectivity index (χ4v) is 1.76. The smallest absolute Gasteiger partial charge is 0.261 e. The molecule has 0 aliphatic heterocycles. The van der Waals surface area contributed by atoms with Gasteiger partial charge in [0.15, 0.2) is 0 Å². The molecule has 0 aliphatic rings. The molecule has 1 heterocycles. The van der Waals surface area contributed by atoms with Crippen LogP contribution in [0.3, 0.4) is 0 Å². The lowest BCUT2D eigenvalue weighted by Gasteiger charge is -2.07. The van der Waals surface area contributed by atoms with E-state index in [0.29, 0.717) is 9.21 Å². The summed E-state index contributed by atoms with van der Waals surface area (Å²) in [6, 6.07) is 3.23. The average molecular weight is 236 g/mol. The fourth-order valence-electron chi connectivity index (χ4n) is 0.799. The van der Waals surface area contributed by atoms with Gasteiger partial charge in [0.2, 0.25) is 0 Å². The van der Waals surface area contributed by atoms with Crippen LogP contribution in [0.1, 0.15) is 9.67 Å². The highest BCUT2D eigenvalue weighted by atomic mass is 35.5. The zero-order valence-electron chi connectivity index (χ0n) is 7.24. The van der Waals surface area contributed by atoms with Crippen molar-refractivity contribution < 1.29 is 15.0 Å². The van der Waals surface area contributed by atoms with Crippen LogP contribution in [0, 0.1) is 0 Å². The van der Waals surface area contributed by atoms with Gasteiger partial charge in [0.25, 0.3) is 5.91 Å². The van der Waals surface area contributed by atoms with Crippen molar-refractivity contribution in [3.05, 3.63) is 21.3 Å². The van der Waals surface area contributed by atoms with E-state index < -0.39 is 6.10 Å². The summed E-state index contributed by atoms with van der Waals surface area (Å²) in [7, 11) is 0. The Morgan fingerprint density at radius 1 is 1.64 bits per heavy atom. The fraction of sp³-hybridized carbons (Fsp3) is 0.375. The molecule has 1 atom stereocenters. The number of hydrogen-bond donors (Lipinski definition) is 3. The molecule has 6 heteroatoms. The lowest BCUT2D eigenvalue weighted by molar-refractivity contribution is 0.0804. The van der Waals surface area contributed by atoms with Crippen LogP contribution in [-0.2, 0) is 0 Å². The molecule has 0 unspecified atom stereocenters. The maximum Gasteiger partial charge on any atom is 0.261 e. The summed E-state index contributed by atoms with van der Waals surface area (Å²) in [6.07, 6.45) is -0.922. The Bertz CT molecular complexity index is 315. The van der Waals surface area contributed by atoms with Crippen molar-refractivity contribution in [1.82, 2.24) is 5.32 Å². The predicted molar refractivity (Wildman–Crippen MR) is 54.8 cm³/mol. The second kappa shape index (κ2) is 5.31. The van der Waals surface area contributed by atoms with Crippen molar-refractivity contribution in [2.75, 3.05) is 13.2 Å². The Morgan fingerprint density at radius 2 is 2.36 bits per heavy atom. The van der Waals surface area contributed by atoms with Crippen LogP contribution in [0.2, 0.25) is 4.34 Å². The Labute approximate surface area is 90.1 Å². The number of rotatable bonds is 4. The minimum absolute atomic E-state index is 0.0326. The van der Waals surface area contributed by atoms with Crippen molar-refractivity contribution >= 4 is 28.8 Å². The second-order valence-electron chi connectivity index (χ2n) is 2.65. The van der Waals surface area contributed by atoms with Crippen LogP contribution < -0.4 is 5.32 Å². The molecule has 0 aromatic carbocycles. The van der Waals surface area contributed by atoms with Gasteiger partial charge in [0.1, 0.15) is 0 Å². The number of hydrogen-bond acceptors (Lipinski definition) is 4. The first kappa shape index (κ1) is 11.5. The molecule has 3 N–H and O–H groups in total. The molecular formula is C8H10ClNO3S. The average Bonchev–Trinajstić information content (AvgIpc) is 2.60. The first-order chi connectivity index (χ1) is 6.63. The molecule has 0 fully saturated rings. The summed E-state index contributed by atoms with van der Waals surface area (Å²) in [4.78, 5) is 11.8. The minimum atomic E-state index is -0.922. The number of aliphatic hydroxyl groups excluding tert-OH is 2. The van der Waals surface area contributed by atoms with Gasteiger partial charge in [-0.05, 0) is 12.1 Å². The normalized spacial score (nSPS) is 12.5. The molecule has 0 saturated heterocycles. The van der Waals surface area contributed by atoms with Crippen LogP contribution in [-0.4, -0.2) is 35.4 Å². The van der Waals surface area contributed by atoms with Crippen molar-refractivity contribution in [3.63, 3.8) is 0 Å². The molecule has 0 radical (unpaired) electrons. The topological polar surface area (TPSA) is 69.6 Å². The summed E-state index contributed by atoms with van der Waals surface area (Å²) in [5.41, 5.74) is 0. The molecule has 1 aromatic rings. The van der Waals surface area contributed by atoms with Crippen LogP contribution in [0.15, 0.2) is 12.1 Å². The first-order valence-corrected chi connectivity index (χ1v) is 5.15. The van der Waals surface area contributed by atoms with Gasteiger partial charge in [-0.25, -0.2) is 0 Å². The number of amides is 1. The minimum Gasteiger partial charge on any atom is -0.394 e. The van der Waals surface area contributed by atoms with Gasteiger partial charge in [-0.15, -0.1) is 11.3 Å². The van der Waals surface area contributed by atoms with Crippen LogP contribution in [0.25, 0.3) is 0 Å². The van der Waals surface area contributed by atoms with Crippen molar-refractivity contribution in [1.29, 1.82) is 0 Å². The number of carbonyl (C=O) groups excluding carboxylic acids is 1.